The smallest absolute Gasteiger partial charge is 0.178 e. The molecule has 0 saturated carbocycles. The molecule has 1 N–H and O–H groups in total. The van der Waals surface area contributed by atoms with E-state index < -0.39 is 0 Å². The Kier molecular flexibility index (Phi) is 4.68. The number of pyridine rings is 1. The maximum Gasteiger partial charge on any atom is 0.178 e. The predicted molar refractivity (Wildman–Crippen MR) is 86.2 cm³/mol. The van der Waals surface area contributed by atoms with E-state index in [0.717, 1.165) is 30.0 Å². The molecule has 0 aromatic carbocycles. The van der Waals surface area contributed by atoms with Crippen LogP contribution in [-0.4, -0.2) is 27.0 Å². The Balaban J connectivity index is 2.18. The van der Waals surface area contributed by atoms with Gasteiger partial charge in [-0.1, -0.05) is 6.07 Å². The van der Waals surface area contributed by atoms with Crippen LogP contribution in [0.15, 0.2) is 24.4 Å². The van der Waals surface area contributed by atoms with Crippen LogP contribution in [-0.2, 0) is 6.42 Å². The Bertz CT molecular complexity index is 577. The van der Waals surface area contributed by atoms with Crippen molar-refractivity contribution in [1.82, 2.24) is 20.3 Å². The van der Waals surface area contributed by atoms with Crippen LogP contribution in [0.3, 0.4) is 0 Å². The van der Waals surface area contributed by atoms with Gasteiger partial charge in [0.2, 0.25) is 0 Å². The SMILES string of the molecule is Cc1nc(-c2ccccn2)nc(C)c1CCNC(C)(C)C. The van der Waals surface area contributed by atoms with E-state index in [2.05, 4.69) is 41.0 Å². The van der Waals surface area contributed by atoms with E-state index in [0.29, 0.717) is 5.82 Å². The Labute approximate surface area is 127 Å². The number of nitrogens with zero attached hydrogens (tertiary/aromatic N) is 3. The molecular weight excluding hydrogens is 260 g/mol. The zero-order valence-corrected chi connectivity index (χ0v) is 13.6. The Hall–Kier alpha value is -1.81. The van der Waals surface area contributed by atoms with Gasteiger partial charge >= 0.3 is 0 Å². The third-order valence-corrected chi connectivity index (χ3v) is 3.35. The first kappa shape index (κ1) is 15.6. The molecule has 0 bridgehead atoms. The second kappa shape index (κ2) is 6.31. The van der Waals surface area contributed by atoms with Gasteiger partial charge in [-0.25, -0.2) is 9.97 Å². The Morgan fingerprint density at radius 1 is 1.05 bits per heavy atom. The molecule has 2 aromatic rings. The Morgan fingerprint density at radius 2 is 1.71 bits per heavy atom. The number of hydrogen-bond donors (Lipinski definition) is 1. The van der Waals surface area contributed by atoms with Crippen molar-refractivity contribution in [3.8, 4) is 11.5 Å². The summed E-state index contributed by atoms with van der Waals surface area (Å²) in [6.07, 6.45) is 2.71. The second-order valence-corrected chi connectivity index (χ2v) is 6.34. The zero-order valence-electron chi connectivity index (χ0n) is 13.6. The minimum Gasteiger partial charge on any atom is -0.312 e. The van der Waals surface area contributed by atoms with Crippen molar-refractivity contribution in [2.24, 2.45) is 0 Å². The van der Waals surface area contributed by atoms with E-state index >= 15 is 0 Å². The largest absolute Gasteiger partial charge is 0.312 e. The number of hydrogen-bond acceptors (Lipinski definition) is 4. The minimum atomic E-state index is 0.135. The summed E-state index contributed by atoms with van der Waals surface area (Å²) < 4.78 is 0. The highest BCUT2D eigenvalue weighted by molar-refractivity contribution is 5.49. The predicted octanol–water partition coefficient (Wildman–Crippen LogP) is 3.09. The number of rotatable bonds is 4. The number of aromatic nitrogens is 3. The van der Waals surface area contributed by atoms with Gasteiger partial charge < -0.3 is 5.32 Å². The molecule has 0 aliphatic rings. The van der Waals surface area contributed by atoms with Crippen molar-refractivity contribution in [2.45, 2.75) is 46.6 Å². The molecule has 2 rings (SSSR count). The van der Waals surface area contributed by atoms with Crippen LogP contribution in [0.1, 0.15) is 37.7 Å². The molecule has 0 unspecified atom stereocenters. The van der Waals surface area contributed by atoms with Crippen molar-refractivity contribution >= 4 is 0 Å². The lowest BCUT2D eigenvalue weighted by molar-refractivity contribution is 0.429. The van der Waals surface area contributed by atoms with Crippen LogP contribution in [0, 0.1) is 13.8 Å². The highest BCUT2D eigenvalue weighted by atomic mass is 14.9. The van der Waals surface area contributed by atoms with Gasteiger partial charge in [0, 0.05) is 23.1 Å². The molecule has 0 amide bonds. The topological polar surface area (TPSA) is 50.7 Å². The van der Waals surface area contributed by atoms with E-state index in [1.807, 2.05) is 32.0 Å². The molecule has 0 saturated heterocycles. The van der Waals surface area contributed by atoms with Gasteiger partial charge in [0.15, 0.2) is 5.82 Å². The fourth-order valence-corrected chi connectivity index (χ4v) is 2.27. The summed E-state index contributed by atoms with van der Waals surface area (Å²) in [5, 5.41) is 3.50. The first-order valence-electron chi connectivity index (χ1n) is 7.37. The lowest BCUT2D eigenvalue weighted by atomic mass is 10.1. The molecule has 2 aromatic heterocycles. The quantitative estimate of drug-likeness (QED) is 0.937. The minimum absolute atomic E-state index is 0.135. The first-order valence-corrected chi connectivity index (χ1v) is 7.37. The number of nitrogens with one attached hydrogen (secondary N) is 1. The van der Waals surface area contributed by atoms with Gasteiger partial charge in [-0.3, -0.25) is 4.98 Å². The lowest BCUT2D eigenvalue weighted by Crippen LogP contribution is -2.37. The van der Waals surface area contributed by atoms with Gasteiger partial charge in [0.25, 0.3) is 0 Å². The van der Waals surface area contributed by atoms with Crippen LogP contribution in [0.4, 0.5) is 0 Å². The average Bonchev–Trinajstić information content (AvgIpc) is 2.41. The maximum absolute atomic E-state index is 4.62. The summed E-state index contributed by atoms with van der Waals surface area (Å²) in [7, 11) is 0. The van der Waals surface area contributed by atoms with Crippen LogP contribution < -0.4 is 5.32 Å². The fourth-order valence-electron chi connectivity index (χ4n) is 2.27. The standard InChI is InChI=1S/C17H24N4/c1-12-14(9-11-19-17(3,4)5)13(2)21-16(20-12)15-8-6-7-10-18-15/h6-8,10,19H,9,11H2,1-5H3. The van der Waals surface area contributed by atoms with Gasteiger partial charge in [-0.2, -0.15) is 0 Å². The van der Waals surface area contributed by atoms with Crippen molar-refractivity contribution in [2.75, 3.05) is 6.54 Å². The molecule has 0 spiro atoms. The highest BCUT2D eigenvalue weighted by Gasteiger charge is 2.12. The van der Waals surface area contributed by atoms with Gasteiger partial charge in [0.1, 0.15) is 5.69 Å². The molecule has 0 atom stereocenters. The molecule has 112 valence electrons. The summed E-state index contributed by atoms with van der Waals surface area (Å²) in [5.74, 6) is 0.707. The van der Waals surface area contributed by atoms with Gasteiger partial charge in [-0.05, 0) is 65.3 Å². The zero-order chi connectivity index (χ0) is 15.5. The summed E-state index contributed by atoms with van der Waals surface area (Å²) in [6, 6.07) is 5.79. The molecule has 0 fully saturated rings. The van der Waals surface area contributed by atoms with E-state index in [4.69, 9.17) is 0 Å². The van der Waals surface area contributed by atoms with Crippen LogP contribution in [0.25, 0.3) is 11.5 Å². The van der Waals surface area contributed by atoms with Crippen LogP contribution >= 0.6 is 0 Å². The van der Waals surface area contributed by atoms with Crippen molar-refractivity contribution in [1.29, 1.82) is 0 Å². The molecule has 4 nitrogen and oxygen atoms in total. The summed E-state index contributed by atoms with van der Waals surface area (Å²) in [4.78, 5) is 13.6. The van der Waals surface area contributed by atoms with E-state index in [-0.39, 0.29) is 5.54 Å². The maximum atomic E-state index is 4.62. The third kappa shape index (κ3) is 4.33. The molecule has 4 heteroatoms. The summed E-state index contributed by atoms with van der Waals surface area (Å²) in [5.41, 5.74) is 4.27. The lowest BCUT2D eigenvalue weighted by Gasteiger charge is -2.21. The van der Waals surface area contributed by atoms with Crippen molar-refractivity contribution in [3.63, 3.8) is 0 Å². The van der Waals surface area contributed by atoms with E-state index in [1.54, 1.807) is 6.20 Å². The normalized spacial score (nSPS) is 11.7. The van der Waals surface area contributed by atoms with E-state index in [1.165, 1.54) is 5.56 Å². The molecule has 21 heavy (non-hydrogen) atoms. The molecule has 2 heterocycles. The first-order chi connectivity index (χ1) is 9.87. The highest BCUT2D eigenvalue weighted by Crippen LogP contribution is 2.17. The van der Waals surface area contributed by atoms with Crippen LogP contribution in [0.5, 0.6) is 0 Å². The van der Waals surface area contributed by atoms with Gasteiger partial charge in [-0.15, -0.1) is 0 Å². The molecular formula is C17H24N4. The third-order valence-electron chi connectivity index (χ3n) is 3.35. The molecule has 0 aliphatic heterocycles. The van der Waals surface area contributed by atoms with Crippen LogP contribution in [0.2, 0.25) is 0 Å². The second-order valence-electron chi connectivity index (χ2n) is 6.34. The average molecular weight is 284 g/mol. The summed E-state index contributed by atoms with van der Waals surface area (Å²) >= 11 is 0. The Morgan fingerprint density at radius 3 is 2.24 bits per heavy atom. The number of aryl methyl sites for hydroxylation is 2. The van der Waals surface area contributed by atoms with Gasteiger partial charge in [0.05, 0.1) is 0 Å². The molecule has 0 radical (unpaired) electrons. The molecule has 0 aliphatic carbocycles. The van der Waals surface area contributed by atoms with Crippen molar-refractivity contribution < 1.29 is 0 Å². The van der Waals surface area contributed by atoms with Crippen molar-refractivity contribution in [3.05, 3.63) is 41.3 Å². The monoisotopic (exact) mass is 284 g/mol. The fraction of sp³-hybridized carbons (Fsp3) is 0.471. The summed E-state index contributed by atoms with van der Waals surface area (Å²) in [6.45, 7) is 11.5. The van der Waals surface area contributed by atoms with E-state index in [9.17, 15) is 0 Å².